The average molecular weight is 344 g/mol. The van der Waals surface area contributed by atoms with E-state index in [4.69, 9.17) is 8.92 Å². The van der Waals surface area contributed by atoms with E-state index in [1.165, 1.54) is 11.8 Å². The van der Waals surface area contributed by atoms with Crippen LogP contribution < -0.4 is 4.18 Å². The van der Waals surface area contributed by atoms with Gasteiger partial charge in [0.1, 0.15) is 5.75 Å². The van der Waals surface area contributed by atoms with Gasteiger partial charge >= 0.3 is 16.1 Å². The second-order valence-corrected chi connectivity index (χ2v) is 7.03. The van der Waals surface area contributed by atoms with E-state index in [0.29, 0.717) is 19.7 Å². The first-order valence-corrected chi connectivity index (χ1v) is 8.83. The number of ether oxygens (including phenoxy) is 1. The summed E-state index contributed by atoms with van der Waals surface area (Å²) in [6, 6.07) is 6.56. The number of amides is 2. The van der Waals surface area contributed by atoms with Crippen LogP contribution in [0.2, 0.25) is 0 Å². The maximum atomic E-state index is 12.2. The Morgan fingerprint density at radius 3 is 2.52 bits per heavy atom. The predicted molar refractivity (Wildman–Crippen MR) is 87.9 cm³/mol. The van der Waals surface area contributed by atoms with Crippen LogP contribution in [0, 0.1) is 0 Å². The Labute approximate surface area is 137 Å². The number of hydrogen-bond acceptors (Lipinski definition) is 5. The molecule has 0 aliphatic heterocycles. The van der Waals surface area contributed by atoms with Crippen LogP contribution in [0.5, 0.6) is 5.75 Å². The average Bonchev–Trinajstić information content (AvgIpc) is 2.50. The summed E-state index contributed by atoms with van der Waals surface area (Å²) in [5.41, 5.74) is 0.778. The van der Waals surface area contributed by atoms with Crippen molar-refractivity contribution in [2.45, 2.75) is 13.5 Å². The molecule has 0 N–H and O–H groups in total. The Kier molecular flexibility index (Phi) is 7.31. The molecule has 0 spiro atoms. The van der Waals surface area contributed by atoms with Crippen molar-refractivity contribution in [2.24, 2.45) is 0 Å². The zero-order valence-electron chi connectivity index (χ0n) is 14.0. The first-order chi connectivity index (χ1) is 10.8. The molecule has 0 bridgehead atoms. The van der Waals surface area contributed by atoms with E-state index < -0.39 is 10.1 Å². The van der Waals surface area contributed by atoms with E-state index >= 15 is 0 Å². The minimum absolute atomic E-state index is 0.101. The third-order valence-corrected chi connectivity index (χ3v) is 4.22. The highest BCUT2D eigenvalue weighted by Gasteiger charge is 2.16. The van der Waals surface area contributed by atoms with Gasteiger partial charge in [-0.3, -0.25) is 0 Å². The van der Waals surface area contributed by atoms with E-state index in [2.05, 4.69) is 0 Å². The Bertz CT molecular complexity index is 616. The number of benzene rings is 1. The Morgan fingerprint density at radius 2 is 1.96 bits per heavy atom. The summed E-state index contributed by atoms with van der Waals surface area (Å²) >= 11 is 0. The molecule has 1 rings (SSSR count). The predicted octanol–water partition coefficient (Wildman–Crippen LogP) is 1.55. The first-order valence-electron chi connectivity index (χ1n) is 7.25. The summed E-state index contributed by atoms with van der Waals surface area (Å²) in [6.45, 7) is 2.71. The van der Waals surface area contributed by atoms with Crippen LogP contribution in [0.25, 0.3) is 0 Å². The molecule has 0 heterocycles. The van der Waals surface area contributed by atoms with Crippen molar-refractivity contribution in [2.75, 3.05) is 40.1 Å². The summed E-state index contributed by atoms with van der Waals surface area (Å²) in [4.78, 5) is 15.3. The minimum atomic E-state index is -3.57. The van der Waals surface area contributed by atoms with Gasteiger partial charge in [0.15, 0.2) is 0 Å². The maximum absolute atomic E-state index is 12.2. The van der Waals surface area contributed by atoms with Gasteiger partial charge in [0, 0.05) is 34.3 Å². The van der Waals surface area contributed by atoms with E-state index in [1.54, 1.807) is 44.3 Å². The molecule has 0 saturated heterocycles. The van der Waals surface area contributed by atoms with Gasteiger partial charge < -0.3 is 18.7 Å². The lowest BCUT2D eigenvalue weighted by molar-refractivity contribution is 0.132. The van der Waals surface area contributed by atoms with Gasteiger partial charge in [0.05, 0.1) is 12.4 Å². The summed E-state index contributed by atoms with van der Waals surface area (Å²) in [6.07, 6.45) is 0. The van der Waals surface area contributed by atoms with Crippen molar-refractivity contribution in [1.82, 2.24) is 9.80 Å². The number of urea groups is 1. The number of hydrogen-bond donors (Lipinski definition) is 0. The molecule has 0 atom stereocenters. The van der Waals surface area contributed by atoms with Crippen molar-refractivity contribution < 1.29 is 22.1 Å². The highest BCUT2D eigenvalue weighted by Crippen LogP contribution is 2.17. The van der Waals surface area contributed by atoms with E-state index in [0.717, 1.165) is 5.56 Å². The summed E-state index contributed by atoms with van der Waals surface area (Å²) in [5.74, 6) is 0.143. The fraction of sp³-hybridized carbons (Fsp3) is 0.533. The van der Waals surface area contributed by atoms with Crippen molar-refractivity contribution in [1.29, 1.82) is 0 Å². The van der Waals surface area contributed by atoms with Gasteiger partial charge in [-0.2, -0.15) is 8.42 Å². The fourth-order valence-corrected chi connectivity index (χ4v) is 2.36. The van der Waals surface area contributed by atoms with Gasteiger partial charge in [-0.15, -0.1) is 0 Å². The van der Waals surface area contributed by atoms with Crippen LogP contribution in [0.15, 0.2) is 24.3 Å². The summed E-state index contributed by atoms with van der Waals surface area (Å²) in [7, 11) is 1.35. The molecule has 7 nitrogen and oxygen atoms in total. The molecular formula is C15H24N2O5S. The van der Waals surface area contributed by atoms with Crippen molar-refractivity contribution in [3.63, 3.8) is 0 Å². The zero-order valence-corrected chi connectivity index (χ0v) is 14.8. The van der Waals surface area contributed by atoms with Gasteiger partial charge in [-0.25, -0.2) is 4.79 Å². The molecule has 23 heavy (non-hydrogen) atoms. The molecule has 0 aromatic heterocycles. The van der Waals surface area contributed by atoms with Crippen LogP contribution >= 0.6 is 0 Å². The number of carbonyl (C=O) groups is 1. The van der Waals surface area contributed by atoms with Crippen LogP contribution in [-0.4, -0.2) is 64.4 Å². The molecule has 0 saturated carbocycles. The van der Waals surface area contributed by atoms with Gasteiger partial charge in [-0.05, 0) is 24.6 Å². The van der Waals surface area contributed by atoms with Crippen LogP contribution in [0.3, 0.4) is 0 Å². The minimum Gasteiger partial charge on any atom is -0.383 e. The zero-order chi connectivity index (χ0) is 17.5. The third-order valence-electron chi connectivity index (χ3n) is 3.07. The highest BCUT2D eigenvalue weighted by atomic mass is 32.2. The summed E-state index contributed by atoms with van der Waals surface area (Å²) < 4.78 is 33.1. The Hall–Kier alpha value is -1.80. The third kappa shape index (κ3) is 6.45. The van der Waals surface area contributed by atoms with E-state index in [1.807, 2.05) is 6.07 Å². The monoisotopic (exact) mass is 344 g/mol. The standard InChI is InChI=1S/C15H24N2O5S/c1-5-23(19,20)22-14-8-6-7-13(11-14)12-17(9-10-21-4)15(18)16(2)3/h6-8,11H,5,9-10,12H2,1-4H3. The molecular weight excluding hydrogens is 320 g/mol. The van der Waals surface area contributed by atoms with Crippen LogP contribution in [0.4, 0.5) is 4.79 Å². The van der Waals surface area contributed by atoms with E-state index in [-0.39, 0.29) is 17.5 Å². The quantitative estimate of drug-likeness (QED) is 0.669. The highest BCUT2D eigenvalue weighted by molar-refractivity contribution is 7.87. The molecule has 130 valence electrons. The molecule has 8 heteroatoms. The molecule has 0 aliphatic rings. The SMILES string of the molecule is CCS(=O)(=O)Oc1cccc(CN(CCOC)C(=O)N(C)C)c1. The second-order valence-electron chi connectivity index (χ2n) is 5.17. The topological polar surface area (TPSA) is 76.1 Å². The molecule has 2 amide bonds. The van der Waals surface area contributed by atoms with Crippen LogP contribution in [-0.2, 0) is 21.4 Å². The molecule has 1 aromatic carbocycles. The normalized spacial score (nSPS) is 11.1. The smallest absolute Gasteiger partial charge is 0.319 e. The number of nitrogens with zero attached hydrogens (tertiary/aromatic N) is 2. The second kappa shape index (κ2) is 8.73. The number of methoxy groups -OCH3 is 1. The maximum Gasteiger partial charge on any atom is 0.319 e. The molecule has 0 fully saturated rings. The van der Waals surface area contributed by atoms with Crippen LogP contribution in [0.1, 0.15) is 12.5 Å². The molecule has 0 aliphatic carbocycles. The molecule has 0 unspecified atom stereocenters. The first kappa shape index (κ1) is 19.2. The van der Waals surface area contributed by atoms with E-state index in [9.17, 15) is 13.2 Å². The largest absolute Gasteiger partial charge is 0.383 e. The Balaban J connectivity index is 2.89. The van der Waals surface area contributed by atoms with Gasteiger partial charge in [-0.1, -0.05) is 12.1 Å². The van der Waals surface area contributed by atoms with Crippen molar-refractivity contribution in [3.05, 3.63) is 29.8 Å². The number of rotatable bonds is 8. The summed E-state index contributed by atoms with van der Waals surface area (Å²) in [5, 5.41) is 0. The van der Waals surface area contributed by atoms with Crippen molar-refractivity contribution in [3.8, 4) is 5.75 Å². The Morgan fingerprint density at radius 1 is 1.26 bits per heavy atom. The fourth-order valence-electron chi connectivity index (χ4n) is 1.85. The van der Waals surface area contributed by atoms with Crippen molar-refractivity contribution >= 4 is 16.1 Å². The number of carbonyl (C=O) groups excluding carboxylic acids is 1. The lowest BCUT2D eigenvalue weighted by Gasteiger charge is -2.26. The van der Waals surface area contributed by atoms with Gasteiger partial charge in [0.2, 0.25) is 0 Å². The molecule has 0 radical (unpaired) electrons. The molecule has 1 aromatic rings. The lowest BCUT2D eigenvalue weighted by atomic mass is 10.2. The van der Waals surface area contributed by atoms with Gasteiger partial charge in [0.25, 0.3) is 0 Å². The lowest BCUT2D eigenvalue weighted by Crippen LogP contribution is -2.40.